The van der Waals surface area contributed by atoms with Gasteiger partial charge in [-0.1, -0.05) is 32.0 Å². The van der Waals surface area contributed by atoms with Crippen LogP contribution in [0.3, 0.4) is 0 Å². The number of carbonyl (C=O) groups is 2. The Morgan fingerprint density at radius 1 is 1.00 bits per heavy atom. The van der Waals surface area contributed by atoms with Crippen LogP contribution in [0, 0.1) is 5.92 Å². The van der Waals surface area contributed by atoms with E-state index in [2.05, 4.69) is 24.5 Å². The monoisotopic (exact) mass is 466 g/mol. The van der Waals surface area contributed by atoms with Crippen molar-refractivity contribution in [3.05, 3.63) is 54.1 Å². The van der Waals surface area contributed by atoms with E-state index < -0.39 is 20.1 Å². The van der Waals surface area contributed by atoms with Crippen molar-refractivity contribution in [2.75, 3.05) is 5.32 Å². The molecule has 8 nitrogen and oxygen atoms in total. The Morgan fingerprint density at radius 2 is 1.59 bits per heavy atom. The summed E-state index contributed by atoms with van der Waals surface area (Å²) < 4.78 is 28.6. The maximum Gasteiger partial charge on any atom is 0.251 e. The number of benzene rings is 2. The molecule has 2 amide bonds. The zero-order chi connectivity index (χ0) is 22.2. The second-order valence-electron chi connectivity index (χ2n) is 6.80. The van der Waals surface area contributed by atoms with Crippen molar-refractivity contribution in [3.63, 3.8) is 0 Å². The number of amides is 2. The van der Waals surface area contributed by atoms with E-state index in [1.165, 1.54) is 6.92 Å². The van der Waals surface area contributed by atoms with Crippen LogP contribution in [0.25, 0.3) is 0 Å². The zero-order valence-electron chi connectivity index (χ0n) is 16.8. The van der Waals surface area contributed by atoms with Crippen molar-refractivity contribution < 1.29 is 26.6 Å². The third kappa shape index (κ3) is 8.56. The molecule has 0 radical (unpaired) electrons. The average molecular weight is 466 g/mol. The molecule has 0 heterocycles. The number of phenolic OH excluding ortho intramolecular Hbond substituents is 1. The minimum Gasteiger partial charge on any atom is -0.349 e. The molecule has 2 rings (SSSR count). The van der Waals surface area contributed by atoms with E-state index in [4.69, 9.17) is 8.19 Å². The number of phenols is 1. The number of anilines is 1. The van der Waals surface area contributed by atoms with E-state index in [0.29, 0.717) is 5.92 Å². The van der Waals surface area contributed by atoms with E-state index in [0.717, 1.165) is 23.8 Å². The first-order valence-electron chi connectivity index (χ1n) is 8.94. The second-order valence-corrected chi connectivity index (χ2v) is 10.2. The molecule has 1 unspecified atom stereocenters. The first kappa shape index (κ1) is 24.5. The Bertz CT molecular complexity index is 880. The minimum absolute atomic E-state index is 0.00630. The van der Waals surface area contributed by atoms with Crippen LogP contribution in [0.1, 0.15) is 38.1 Å². The number of rotatable bonds is 5. The van der Waals surface area contributed by atoms with Gasteiger partial charge in [-0.3, -0.25) is 4.79 Å². The van der Waals surface area contributed by atoms with Crippen molar-refractivity contribution in [1.29, 1.82) is 0 Å². The zero-order valence-corrected chi connectivity index (χ0v) is 18.7. The van der Waals surface area contributed by atoms with Gasteiger partial charge in [-0.25, -0.2) is 0 Å². The third-order valence-corrected chi connectivity index (χ3v) is 6.02. The topological polar surface area (TPSA) is 136 Å². The van der Waals surface area contributed by atoms with Gasteiger partial charge in [0, 0.05) is 11.6 Å². The van der Waals surface area contributed by atoms with Gasteiger partial charge in [-0.2, -0.15) is 0 Å². The molecule has 0 aliphatic carbocycles. The summed E-state index contributed by atoms with van der Waals surface area (Å²) in [6.07, 6.45) is 0. The summed E-state index contributed by atoms with van der Waals surface area (Å²) in [7, 11) is 0. The fourth-order valence-corrected chi connectivity index (χ4v) is 3.23. The fourth-order valence-electron chi connectivity index (χ4n) is 2.04. The van der Waals surface area contributed by atoms with E-state index in [1.807, 2.05) is 37.3 Å². The maximum absolute atomic E-state index is 11.6. The number of hydrogen-bond acceptors (Lipinski definition) is 4. The van der Waals surface area contributed by atoms with E-state index >= 15 is 0 Å². The molecule has 1 atom stereocenters. The molecule has 0 aromatic heterocycles. The SMILES string of the molecule is CC(=O)Nc1cc([As](=O)(O)O)ccc1O.CC(C)C(C)NC(=O)c1ccccc1. The predicted octanol–water partition coefficient (Wildman–Crippen LogP) is 1.37. The Balaban J connectivity index is 0.000000291. The molecule has 0 saturated heterocycles. The van der Waals surface area contributed by atoms with E-state index in [9.17, 15) is 18.4 Å². The molecule has 0 bridgehead atoms. The molecule has 0 aliphatic heterocycles. The summed E-state index contributed by atoms with van der Waals surface area (Å²) >= 11 is -4.98. The number of carbonyl (C=O) groups excluding carboxylic acids is 2. The number of hydrogen-bond donors (Lipinski definition) is 5. The van der Waals surface area contributed by atoms with Crippen LogP contribution in [0.4, 0.5) is 5.69 Å². The summed E-state index contributed by atoms with van der Waals surface area (Å²) in [4.78, 5) is 22.4. The molecule has 0 aliphatic rings. The largest absolute Gasteiger partial charge is 0.349 e. The second kappa shape index (κ2) is 10.9. The van der Waals surface area contributed by atoms with E-state index in [-0.39, 0.29) is 27.7 Å². The molecule has 0 fully saturated rings. The van der Waals surface area contributed by atoms with Crippen LogP contribution in [0.2, 0.25) is 0 Å². The van der Waals surface area contributed by atoms with Gasteiger partial charge < -0.3 is 5.32 Å². The molecule has 5 N–H and O–H groups in total. The minimum atomic E-state index is -4.98. The fraction of sp³-hybridized carbons (Fsp3) is 0.300. The van der Waals surface area contributed by atoms with Gasteiger partial charge in [-0.15, -0.1) is 0 Å². The third-order valence-electron chi connectivity index (χ3n) is 4.02. The van der Waals surface area contributed by atoms with Gasteiger partial charge >= 0.3 is 88.1 Å². The molecule has 2 aromatic carbocycles. The first-order chi connectivity index (χ1) is 13.4. The normalized spacial score (nSPS) is 11.8. The van der Waals surface area contributed by atoms with Crippen molar-refractivity contribution in [1.82, 2.24) is 5.32 Å². The Kier molecular flexibility index (Phi) is 9.17. The Hall–Kier alpha value is -2.54. The van der Waals surface area contributed by atoms with Crippen LogP contribution >= 0.6 is 0 Å². The number of aromatic hydroxyl groups is 1. The van der Waals surface area contributed by atoms with Crippen LogP contribution in [0.5, 0.6) is 5.75 Å². The quantitative estimate of drug-likeness (QED) is 0.334. The summed E-state index contributed by atoms with van der Waals surface area (Å²) in [5.41, 5.74) is 0.713. The Labute approximate surface area is 173 Å². The predicted molar refractivity (Wildman–Crippen MR) is 111 cm³/mol. The maximum atomic E-state index is 11.6. The van der Waals surface area contributed by atoms with Gasteiger partial charge in [0.2, 0.25) is 0 Å². The van der Waals surface area contributed by atoms with Gasteiger partial charge in [0.05, 0.1) is 0 Å². The molecule has 9 heteroatoms. The molecular weight excluding hydrogens is 439 g/mol. The first-order valence-corrected chi connectivity index (χ1v) is 12.3. The van der Waals surface area contributed by atoms with Gasteiger partial charge in [0.1, 0.15) is 0 Å². The molecular formula is C20H27AsN2O6. The smallest absolute Gasteiger partial charge is 0.251 e. The van der Waals surface area contributed by atoms with E-state index in [1.54, 1.807) is 0 Å². The molecule has 0 saturated carbocycles. The summed E-state index contributed by atoms with van der Waals surface area (Å²) in [6, 6.07) is 12.8. The standard InChI is InChI=1S/C12H17NO.C8H10AsNO5/c1-9(2)10(3)13-12(14)11-7-5-4-6-8-11;1-5(11)10-7-4-6(9(13,14)15)2-3-8(7)12/h4-10H,1-3H3,(H,13,14);2-4,12H,1H3,(H,10,11)(H2,13,14,15). The molecule has 0 spiro atoms. The summed E-state index contributed by atoms with van der Waals surface area (Å²) in [6.45, 7) is 7.44. The molecule has 158 valence electrons. The van der Waals surface area contributed by atoms with Crippen LogP contribution < -0.4 is 15.0 Å². The Morgan fingerprint density at radius 3 is 2.07 bits per heavy atom. The van der Waals surface area contributed by atoms with Crippen molar-refractivity contribution in [2.24, 2.45) is 5.92 Å². The van der Waals surface area contributed by atoms with Crippen LogP contribution in [0.15, 0.2) is 48.5 Å². The van der Waals surface area contributed by atoms with Crippen LogP contribution in [-0.4, -0.2) is 45.3 Å². The number of nitrogens with one attached hydrogen (secondary N) is 2. The molecule has 29 heavy (non-hydrogen) atoms. The average Bonchev–Trinajstić information content (AvgIpc) is 2.63. The van der Waals surface area contributed by atoms with Gasteiger partial charge in [-0.05, 0) is 25.0 Å². The van der Waals surface area contributed by atoms with Crippen molar-refractivity contribution >= 4 is 36.0 Å². The van der Waals surface area contributed by atoms with Crippen molar-refractivity contribution in [2.45, 2.75) is 33.7 Å². The van der Waals surface area contributed by atoms with Gasteiger partial charge in [0.15, 0.2) is 0 Å². The van der Waals surface area contributed by atoms with Crippen molar-refractivity contribution in [3.8, 4) is 5.75 Å². The van der Waals surface area contributed by atoms with Gasteiger partial charge in [0.25, 0.3) is 5.91 Å². The summed E-state index contributed by atoms with van der Waals surface area (Å²) in [5, 5.41) is 14.5. The van der Waals surface area contributed by atoms with Crippen LogP contribution in [-0.2, 0) is 8.53 Å². The summed E-state index contributed by atoms with van der Waals surface area (Å²) in [5.74, 6) is -0.201. The molecule has 2 aromatic rings.